The van der Waals surface area contributed by atoms with E-state index >= 15 is 0 Å². The third kappa shape index (κ3) is 5.15. The van der Waals surface area contributed by atoms with E-state index in [-0.39, 0.29) is 36.1 Å². The van der Waals surface area contributed by atoms with Crippen molar-refractivity contribution in [1.82, 2.24) is 15.1 Å². The summed E-state index contributed by atoms with van der Waals surface area (Å²) in [6.45, 7) is 5.29. The second kappa shape index (κ2) is 9.70. The highest BCUT2D eigenvalue weighted by atomic mass is 35.5. The second-order valence-corrected chi connectivity index (χ2v) is 8.24. The summed E-state index contributed by atoms with van der Waals surface area (Å²) >= 11 is 0. The van der Waals surface area contributed by atoms with Crippen LogP contribution in [0.15, 0.2) is 18.2 Å². The van der Waals surface area contributed by atoms with Crippen molar-refractivity contribution in [1.29, 1.82) is 0 Å². The first kappa shape index (κ1) is 23.3. The van der Waals surface area contributed by atoms with E-state index in [4.69, 9.17) is 0 Å². The average Bonchev–Trinajstić information content (AvgIpc) is 2.90. The molecule has 1 spiro atoms. The van der Waals surface area contributed by atoms with E-state index in [1.807, 2.05) is 0 Å². The molecule has 0 bridgehead atoms. The highest BCUT2D eigenvalue weighted by molar-refractivity contribution is 5.85. The standard InChI is InChI=1S/C20H27F2N3O.2ClH/c21-16-8-15(9-17(22)10-16)13-25-14-20(11-19(25)26)3-6-24(7-4-20)18-2-1-5-23-12-18;;/h8-10,18,23H,1-7,11-14H2;2*1H. The summed E-state index contributed by atoms with van der Waals surface area (Å²) in [6, 6.07) is 4.14. The number of rotatable bonds is 3. The topological polar surface area (TPSA) is 35.6 Å². The molecule has 1 atom stereocenters. The Bertz CT molecular complexity index is 657. The Morgan fingerprint density at radius 3 is 2.39 bits per heavy atom. The number of hydrogen-bond donors (Lipinski definition) is 1. The predicted octanol–water partition coefficient (Wildman–Crippen LogP) is 3.37. The zero-order valence-electron chi connectivity index (χ0n) is 16.0. The number of piperidine rings is 2. The minimum atomic E-state index is -0.587. The molecule has 158 valence electrons. The lowest BCUT2D eigenvalue weighted by Crippen LogP contribution is -2.51. The van der Waals surface area contributed by atoms with Gasteiger partial charge in [0.25, 0.3) is 0 Å². The van der Waals surface area contributed by atoms with Gasteiger partial charge in [0.15, 0.2) is 0 Å². The van der Waals surface area contributed by atoms with Gasteiger partial charge in [-0.25, -0.2) is 8.78 Å². The number of nitrogens with zero attached hydrogens (tertiary/aromatic N) is 2. The molecule has 3 aliphatic rings. The number of amides is 1. The number of carbonyl (C=O) groups excluding carboxylic acids is 1. The van der Waals surface area contributed by atoms with Crippen LogP contribution in [-0.4, -0.2) is 54.5 Å². The summed E-state index contributed by atoms with van der Waals surface area (Å²) in [5.41, 5.74) is 0.570. The Morgan fingerprint density at radius 2 is 1.79 bits per heavy atom. The van der Waals surface area contributed by atoms with E-state index in [9.17, 15) is 13.6 Å². The molecule has 0 saturated carbocycles. The first-order chi connectivity index (χ1) is 12.5. The normalized spacial score (nSPS) is 24.7. The molecule has 0 aromatic heterocycles. The van der Waals surface area contributed by atoms with Crippen LogP contribution in [0.1, 0.15) is 37.7 Å². The predicted molar refractivity (Wildman–Crippen MR) is 110 cm³/mol. The Kier molecular flexibility index (Phi) is 8.08. The number of likely N-dealkylation sites (tertiary alicyclic amines) is 2. The molecule has 3 aliphatic heterocycles. The molecule has 8 heteroatoms. The number of hydrogen-bond acceptors (Lipinski definition) is 3. The van der Waals surface area contributed by atoms with Gasteiger partial charge in [-0.15, -0.1) is 24.8 Å². The number of benzene rings is 1. The van der Waals surface area contributed by atoms with Crippen molar-refractivity contribution in [3.8, 4) is 0 Å². The zero-order chi connectivity index (χ0) is 18.1. The zero-order valence-corrected chi connectivity index (χ0v) is 17.6. The van der Waals surface area contributed by atoms with E-state index in [2.05, 4.69) is 10.2 Å². The first-order valence-corrected chi connectivity index (χ1v) is 9.71. The molecule has 1 amide bonds. The van der Waals surface area contributed by atoms with Gasteiger partial charge in [0.1, 0.15) is 11.6 Å². The monoisotopic (exact) mass is 435 g/mol. The minimum absolute atomic E-state index is 0. The number of carbonyl (C=O) groups is 1. The van der Waals surface area contributed by atoms with E-state index in [0.717, 1.165) is 45.1 Å². The summed E-state index contributed by atoms with van der Waals surface area (Å²) in [4.78, 5) is 16.9. The van der Waals surface area contributed by atoms with Crippen LogP contribution in [-0.2, 0) is 11.3 Å². The maximum Gasteiger partial charge on any atom is 0.223 e. The molecule has 28 heavy (non-hydrogen) atoms. The van der Waals surface area contributed by atoms with Crippen molar-refractivity contribution in [2.75, 3.05) is 32.7 Å². The molecule has 3 saturated heterocycles. The Balaban J connectivity index is 0.00000140. The average molecular weight is 436 g/mol. The van der Waals surface area contributed by atoms with Crippen LogP contribution in [0, 0.1) is 17.0 Å². The molecule has 1 unspecified atom stereocenters. The maximum absolute atomic E-state index is 13.4. The van der Waals surface area contributed by atoms with Gasteiger partial charge in [0, 0.05) is 38.2 Å². The smallest absolute Gasteiger partial charge is 0.223 e. The van der Waals surface area contributed by atoms with Gasteiger partial charge in [-0.05, 0) is 68.4 Å². The second-order valence-electron chi connectivity index (χ2n) is 8.24. The molecular weight excluding hydrogens is 407 g/mol. The van der Waals surface area contributed by atoms with E-state index in [1.165, 1.54) is 25.0 Å². The van der Waals surface area contributed by atoms with Crippen molar-refractivity contribution in [3.63, 3.8) is 0 Å². The highest BCUT2D eigenvalue weighted by Gasteiger charge is 2.45. The minimum Gasteiger partial charge on any atom is -0.338 e. The molecule has 0 radical (unpaired) electrons. The molecule has 0 aliphatic carbocycles. The van der Waals surface area contributed by atoms with Gasteiger partial charge in [0.2, 0.25) is 5.91 Å². The number of nitrogens with one attached hydrogen (secondary N) is 1. The lowest BCUT2D eigenvalue weighted by Gasteiger charge is -2.43. The van der Waals surface area contributed by atoms with Crippen molar-refractivity contribution < 1.29 is 13.6 Å². The van der Waals surface area contributed by atoms with Crippen molar-refractivity contribution in [2.24, 2.45) is 5.41 Å². The van der Waals surface area contributed by atoms with Crippen LogP contribution in [0.2, 0.25) is 0 Å². The molecule has 4 nitrogen and oxygen atoms in total. The van der Waals surface area contributed by atoms with Crippen molar-refractivity contribution in [2.45, 2.75) is 44.7 Å². The van der Waals surface area contributed by atoms with Crippen LogP contribution in [0.4, 0.5) is 8.78 Å². The molecule has 3 fully saturated rings. The summed E-state index contributed by atoms with van der Waals surface area (Å²) in [5, 5.41) is 3.48. The van der Waals surface area contributed by atoms with E-state index < -0.39 is 11.6 Å². The summed E-state index contributed by atoms with van der Waals surface area (Å²) in [7, 11) is 0. The lowest BCUT2D eigenvalue weighted by atomic mass is 9.77. The molecule has 1 aromatic rings. The van der Waals surface area contributed by atoms with Gasteiger partial charge in [-0.2, -0.15) is 0 Å². The van der Waals surface area contributed by atoms with E-state index in [1.54, 1.807) is 4.90 Å². The maximum atomic E-state index is 13.4. The van der Waals surface area contributed by atoms with Crippen molar-refractivity contribution >= 4 is 30.7 Å². The van der Waals surface area contributed by atoms with Crippen molar-refractivity contribution in [3.05, 3.63) is 35.4 Å². The van der Waals surface area contributed by atoms with Crippen LogP contribution in [0.3, 0.4) is 0 Å². The third-order valence-electron chi connectivity index (χ3n) is 6.35. The van der Waals surface area contributed by atoms with Gasteiger partial charge in [0.05, 0.1) is 0 Å². The first-order valence-electron chi connectivity index (χ1n) is 9.71. The fraction of sp³-hybridized carbons (Fsp3) is 0.650. The van der Waals surface area contributed by atoms with Gasteiger partial charge >= 0.3 is 0 Å². The Labute approximate surface area is 177 Å². The third-order valence-corrected chi connectivity index (χ3v) is 6.35. The Morgan fingerprint density at radius 1 is 1.11 bits per heavy atom. The van der Waals surface area contributed by atoms with Crippen LogP contribution in [0.5, 0.6) is 0 Å². The summed E-state index contributed by atoms with van der Waals surface area (Å²) in [5.74, 6) is -1.06. The largest absolute Gasteiger partial charge is 0.338 e. The molecule has 4 rings (SSSR count). The molecule has 1 N–H and O–H groups in total. The summed E-state index contributed by atoms with van der Waals surface area (Å²) < 4.78 is 26.8. The van der Waals surface area contributed by atoms with Gasteiger partial charge in [-0.3, -0.25) is 9.69 Å². The Hall–Kier alpha value is -0.950. The molecule has 3 heterocycles. The lowest BCUT2D eigenvalue weighted by molar-refractivity contribution is -0.128. The van der Waals surface area contributed by atoms with Gasteiger partial charge < -0.3 is 10.2 Å². The fourth-order valence-electron chi connectivity index (χ4n) is 4.89. The van der Waals surface area contributed by atoms with E-state index in [0.29, 0.717) is 31.1 Å². The SMILES string of the molecule is Cl.Cl.O=C1CC2(CCN(C3CCCNC3)CC2)CN1Cc1cc(F)cc(F)c1. The molecule has 1 aromatic carbocycles. The van der Waals surface area contributed by atoms with Crippen LogP contribution < -0.4 is 5.32 Å². The number of halogens is 4. The quantitative estimate of drug-likeness (QED) is 0.790. The summed E-state index contributed by atoms with van der Waals surface area (Å²) in [6.07, 6.45) is 5.13. The van der Waals surface area contributed by atoms with Crippen LogP contribution in [0.25, 0.3) is 0 Å². The van der Waals surface area contributed by atoms with Crippen LogP contribution >= 0.6 is 24.8 Å². The highest BCUT2D eigenvalue weighted by Crippen LogP contribution is 2.42. The molecular formula is C20H29Cl2F2N3O. The fourth-order valence-corrected chi connectivity index (χ4v) is 4.89. The van der Waals surface area contributed by atoms with Gasteiger partial charge in [-0.1, -0.05) is 0 Å².